The predicted molar refractivity (Wildman–Crippen MR) is 287 cm³/mol. The first-order chi connectivity index (χ1) is 36.6. The maximum atomic E-state index is 14.7. The van der Waals surface area contributed by atoms with E-state index in [0.29, 0.717) is 16.7 Å². The fourth-order valence-corrected chi connectivity index (χ4v) is 7.95. The van der Waals surface area contributed by atoms with Crippen molar-refractivity contribution < 1.29 is 43.6 Å². The van der Waals surface area contributed by atoms with Gasteiger partial charge >= 0.3 is 0 Å². The van der Waals surface area contributed by atoms with E-state index in [9.17, 15) is 48.8 Å². The molecule has 28 heteroatoms. The summed E-state index contributed by atoms with van der Waals surface area (Å²) >= 11 is 0. The highest BCUT2D eigenvalue weighted by atomic mass is 16.6. The molecule has 0 aliphatic rings. The number of rotatable bonds is 31. The molecule has 0 radical (unpaired) electrons. The summed E-state index contributed by atoms with van der Waals surface area (Å²) < 4.78 is 0. The van der Waals surface area contributed by atoms with E-state index in [1.54, 1.807) is 18.3 Å². The van der Waals surface area contributed by atoms with E-state index in [0.717, 1.165) is 10.9 Å². The molecule has 28 nitrogen and oxygen atoms in total. The number of phenols is 1. The van der Waals surface area contributed by atoms with Gasteiger partial charge in [0.1, 0.15) is 42.0 Å². The number of phenolic OH excluding ortho intramolecular Hbond substituents is 1. The first-order valence-electron chi connectivity index (χ1n) is 24.4. The van der Waals surface area contributed by atoms with Crippen LogP contribution in [0.1, 0.15) is 62.1 Å². The van der Waals surface area contributed by atoms with Gasteiger partial charge in [-0.1, -0.05) is 42.5 Å². The average Bonchev–Trinajstić information content (AvgIpc) is 3.78. The average molecular weight is 1070 g/mol. The maximum Gasteiger partial charge on any atom is 0.269 e. The molecule has 0 spiro atoms. The van der Waals surface area contributed by atoms with Crippen LogP contribution in [0.25, 0.3) is 10.9 Å². The van der Waals surface area contributed by atoms with Crippen LogP contribution in [0.3, 0.4) is 0 Å². The van der Waals surface area contributed by atoms with Crippen molar-refractivity contribution in [1.29, 1.82) is 0 Å². The normalized spacial score (nSPS) is 13.2. The third-order valence-electron chi connectivity index (χ3n) is 11.8. The Kier molecular flexibility index (Phi) is 23.4. The van der Waals surface area contributed by atoms with Crippen molar-refractivity contribution >= 4 is 75.8 Å². The number of nitrogens with zero attached hydrogens (tertiary/aromatic N) is 4. The van der Waals surface area contributed by atoms with Gasteiger partial charge in [-0.3, -0.25) is 58.7 Å². The Bertz CT molecular complexity index is 2770. The number of primary amides is 1. The molecule has 414 valence electrons. The fourth-order valence-electron chi connectivity index (χ4n) is 7.95. The van der Waals surface area contributed by atoms with Gasteiger partial charge in [-0.25, -0.2) is 0 Å². The number of carbonyl (C=O) groups is 7. The van der Waals surface area contributed by atoms with Gasteiger partial charge in [0.05, 0.1) is 4.92 Å². The number of nitro groups is 1. The van der Waals surface area contributed by atoms with Crippen molar-refractivity contribution in [2.75, 3.05) is 19.6 Å². The number of nitro benzene ring substituents is 1. The molecule has 4 rings (SSSR count). The number of fused-ring (bicyclic) bond motifs is 1. The third-order valence-corrected chi connectivity index (χ3v) is 11.8. The summed E-state index contributed by atoms with van der Waals surface area (Å²) in [6.07, 6.45) is 1.56. The van der Waals surface area contributed by atoms with Gasteiger partial charge in [-0.2, -0.15) is 0 Å². The van der Waals surface area contributed by atoms with Gasteiger partial charge in [0.25, 0.3) is 5.69 Å². The first kappa shape index (κ1) is 60.1. The Morgan fingerprint density at radius 1 is 0.545 bits per heavy atom. The van der Waals surface area contributed by atoms with Crippen molar-refractivity contribution in [3.8, 4) is 5.75 Å². The molecule has 4 aromatic rings. The SMILES string of the molecule is CC(=O)N[C@@H](CCCN=C(N)N)C(=O)N[C@@H](Cc1ccc([N+](=O)[O-])cc1)C(=O)N[C@@H](Cc1ccc(O)cc1)C(=O)N[C@@H](CCCN=C(N)N)C(=O)N[C@@H](Cc1c[nH]c2ccccc12)C(=O)N[C@@H](CCCN=C(N)N)C(N)=O. The number of aliphatic imine (C=N–C) groups is 3. The Balaban J connectivity index is 1.72. The zero-order valence-electron chi connectivity index (χ0n) is 42.4. The van der Waals surface area contributed by atoms with E-state index >= 15 is 0 Å². The lowest BCUT2D eigenvalue weighted by Gasteiger charge is -2.28. The number of hydrogen-bond donors (Lipinski definition) is 15. The molecule has 3 aromatic carbocycles. The second-order valence-electron chi connectivity index (χ2n) is 17.9. The van der Waals surface area contributed by atoms with Gasteiger partial charge in [-0.05, 0) is 73.4 Å². The molecule has 1 aromatic heterocycles. The summed E-state index contributed by atoms with van der Waals surface area (Å²) in [5.74, 6) is -6.45. The molecule has 0 bridgehead atoms. The van der Waals surface area contributed by atoms with Crippen LogP contribution in [0.5, 0.6) is 5.75 Å². The number of aromatic amines is 1. The Morgan fingerprint density at radius 2 is 0.935 bits per heavy atom. The van der Waals surface area contributed by atoms with Gasteiger partial charge in [0.2, 0.25) is 41.4 Å². The van der Waals surface area contributed by atoms with E-state index in [2.05, 4.69) is 51.9 Å². The highest BCUT2D eigenvalue weighted by Crippen LogP contribution is 2.20. The number of para-hydroxylation sites is 1. The fraction of sp³-hybridized carbons (Fsp3) is 0.388. The minimum Gasteiger partial charge on any atom is -0.508 e. The number of amides is 7. The van der Waals surface area contributed by atoms with Crippen LogP contribution >= 0.6 is 0 Å². The monoisotopic (exact) mass is 1070 g/mol. The topological polar surface area (TPSA) is 490 Å². The molecule has 1 heterocycles. The lowest BCUT2D eigenvalue weighted by molar-refractivity contribution is -0.384. The number of aromatic nitrogens is 1. The molecule has 0 unspecified atom stereocenters. The van der Waals surface area contributed by atoms with E-state index in [-0.39, 0.29) is 107 Å². The van der Waals surface area contributed by atoms with E-state index in [1.165, 1.54) is 55.5 Å². The molecule has 22 N–H and O–H groups in total. The van der Waals surface area contributed by atoms with Gasteiger partial charge in [-0.15, -0.1) is 0 Å². The summed E-state index contributed by atoms with van der Waals surface area (Å²) in [6, 6.07) is 9.82. The highest BCUT2D eigenvalue weighted by Gasteiger charge is 2.34. The number of non-ortho nitro benzene ring substituents is 1. The molecule has 0 aliphatic carbocycles. The van der Waals surface area contributed by atoms with Crippen LogP contribution in [0.15, 0.2) is 94.0 Å². The quantitative estimate of drug-likeness (QED) is 0.00807. The van der Waals surface area contributed by atoms with E-state index in [1.807, 2.05) is 12.1 Å². The van der Waals surface area contributed by atoms with Gasteiger partial charge in [0, 0.05) is 75.1 Å². The van der Waals surface area contributed by atoms with Crippen LogP contribution in [0.4, 0.5) is 5.69 Å². The molecule has 6 atom stereocenters. The molecule has 7 amide bonds. The lowest BCUT2D eigenvalue weighted by Crippen LogP contribution is -2.60. The Labute approximate surface area is 442 Å². The molecule has 77 heavy (non-hydrogen) atoms. The molecular formula is C49H68N18O10. The zero-order valence-corrected chi connectivity index (χ0v) is 42.4. The molecular weight excluding hydrogens is 1000 g/mol. The standard InChI is InChI=1S/C49H68N18O10/c1-27(68)61-36(10-5-21-58-48(53)54)42(71)64-39(23-28-12-16-31(17-13-28)67(76)77)45(74)65-38(24-29-14-18-32(69)19-15-29)44(73)63-37(11-6-22-59-49(55)56)43(72)66-40(25-30-26-60-34-8-3-2-7-33(30)34)46(75)62-35(41(50)70)9-4-20-57-47(51)52/h2-3,7-8,12-19,26,35-40,60,69H,4-6,9-11,20-25H2,1H3,(H2,50,70)(H,61,68)(H,62,75)(H,63,73)(H,64,71)(H,65,74)(H,66,72)(H4,51,52,57)(H4,53,54,58)(H4,55,56,59)/t35-,36-,37-,38-,39-,40-/m0/s1. The molecule has 0 saturated heterocycles. The first-order valence-corrected chi connectivity index (χ1v) is 24.4. The Morgan fingerprint density at radius 3 is 1.38 bits per heavy atom. The largest absolute Gasteiger partial charge is 0.508 e. The molecule has 0 saturated carbocycles. The number of aromatic hydroxyl groups is 1. The number of hydrogen-bond acceptors (Lipinski definition) is 13. The number of nitrogens with two attached hydrogens (primary N) is 7. The smallest absolute Gasteiger partial charge is 0.269 e. The number of benzene rings is 3. The van der Waals surface area contributed by atoms with Crippen LogP contribution in [-0.2, 0) is 52.8 Å². The van der Waals surface area contributed by atoms with Crippen molar-refractivity contribution in [2.45, 2.75) is 101 Å². The van der Waals surface area contributed by atoms with Crippen LogP contribution < -0.4 is 72.0 Å². The van der Waals surface area contributed by atoms with E-state index in [4.69, 9.17) is 40.1 Å². The lowest BCUT2D eigenvalue weighted by atomic mass is 10.0. The van der Waals surface area contributed by atoms with Crippen molar-refractivity contribution in [1.82, 2.24) is 36.9 Å². The van der Waals surface area contributed by atoms with Gasteiger partial charge in [0.15, 0.2) is 17.9 Å². The third kappa shape index (κ3) is 20.7. The minimum atomic E-state index is -1.53. The van der Waals surface area contributed by atoms with Crippen molar-refractivity contribution in [3.63, 3.8) is 0 Å². The number of nitrogens with one attached hydrogen (secondary N) is 7. The van der Waals surface area contributed by atoms with E-state index < -0.39 is 82.5 Å². The second kappa shape index (κ2) is 30.0. The summed E-state index contributed by atoms with van der Waals surface area (Å²) in [5.41, 5.74) is 40.5. The number of guanidine groups is 3. The predicted octanol–water partition coefficient (Wildman–Crippen LogP) is -2.62. The maximum absolute atomic E-state index is 14.7. The van der Waals surface area contributed by atoms with Crippen LogP contribution in [-0.4, -0.2) is 130 Å². The van der Waals surface area contributed by atoms with Crippen LogP contribution in [0, 0.1) is 10.1 Å². The van der Waals surface area contributed by atoms with Crippen molar-refractivity contribution in [3.05, 3.63) is 106 Å². The molecule has 0 aliphatic heterocycles. The summed E-state index contributed by atoms with van der Waals surface area (Å²) in [5, 5.41) is 38.2. The molecule has 0 fully saturated rings. The zero-order chi connectivity index (χ0) is 56.6. The summed E-state index contributed by atoms with van der Waals surface area (Å²) in [6.45, 7) is 1.43. The summed E-state index contributed by atoms with van der Waals surface area (Å²) in [4.78, 5) is 123. The summed E-state index contributed by atoms with van der Waals surface area (Å²) in [7, 11) is 0. The van der Waals surface area contributed by atoms with Gasteiger partial charge < -0.3 is 82.1 Å². The number of H-pyrrole nitrogens is 1. The highest BCUT2D eigenvalue weighted by molar-refractivity contribution is 5.97. The number of carbonyl (C=O) groups excluding carboxylic acids is 7. The Hall–Kier alpha value is -9.50. The second-order valence-corrected chi connectivity index (χ2v) is 17.9. The minimum absolute atomic E-state index is 0.00679. The van der Waals surface area contributed by atoms with Crippen LogP contribution in [0.2, 0.25) is 0 Å². The van der Waals surface area contributed by atoms with Crippen molar-refractivity contribution in [2.24, 2.45) is 55.1 Å².